The van der Waals surface area contributed by atoms with Crippen molar-refractivity contribution in [1.82, 2.24) is 10.6 Å². The molecular weight excluding hydrogens is 312 g/mol. The zero-order valence-corrected chi connectivity index (χ0v) is 12.4. The van der Waals surface area contributed by atoms with Crippen molar-refractivity contribution in [2.75, 3.05) is 11.5 Å². The monoisotopic (exact) mass is 326 g/mol. The summed E-state index contributed by atoms with van der Waals surface area (Å²) in [4.78, 5) is 47.2. The summed E-state index contributed by atoms with van der Waals surface area (Å²) < 4.78 is 0. The highest BCUT2D eigenvalue weighted by atomic mass is 16.2. The first-order chi connectivity index (χ1) is 11.4. The quantitative estimate of drug-likeness (QED) is 0.454. The lowest BCUT2D eigenvalue weighted by Gasteiger charge is -2.07. The van der Waals surface area contributed by atoms with Crippen molar-refractivity contribution in [2.24, 2.45) is 0 Å². The van der Waals surface area contributed by atoms with Gasteiger partial charge < -0.3 is 11.5 Å². The van der Waals surface area contributed by atoms with E-state index in [4.69, 9.17) is 11.5 Å². The number of nitrogens with two attached hydrogens (primary N) is 2. The van der Waals surface area contributed by atoms with Gasteiger partial charge in [0.05, 0.1) is 11.1 Å². The Balaban J connectivity index is 2.01. The minimum absolute atomic E-state index is 0.0391. The number of hydrogen-bond acceptors (Lipinski definition) is 6. The van der Waals surface area contributed by atoms with Crippen molar-refractivity contribution < 1.29 is 19.2 Å². The van der Waals surface area contributed by atoms with Gasteiger partial charge in [0.15, 0.2) is 0 Å². The van der Waals surface area contributed by atoms with E-state index < -0.39 is 23.6 Å². The van der Waals surface area contributed by atoms with E-state index in [1.54, 1.807) is 24.3 Å². The van der Waals surface area contributed by atoms with Crippen molar-refractivity contribution in [3.8, 4) is 0 Å². The molecule has 6 N–H and O–H groups in total. The molecule has 122 valence electrons. The van der Waals surface area contributed by atoms with E-state index in [9.17, 15) is 19.2 Å². The molecular formula is C16H14N4O4. The van der Waals surface area contributed by atoms with Crippen molar-refractivity contribution >= 4 is 35.0 Å². The molecule has 8 nitrogen and oxygen atoms in total. The molecule has 8 heteroatoms. The molecule has 0 aliphatic carbocycles. The van der Waals surface area contributed by atoms with Crippen LogP contribution in [0.25, 0.3) is 0 Å². The average molecular weight is 326 g/mol. The standard InChI is InChI=1S/C16H14N4O4/c17-11-7-3-1-5-9(11)13(21)19-15(23)16(24)20-14(22)10-6-2-4-8-12(10)18/h1-8H,17-18H2,(H,19,21,23)(H,20,22,24). The van der Waals surface area contributed by atoms with Crippen LogP contribution in [0.1, 0.15) is 20.7 Å². The number of nitrogen functional groups attached to an aromatic ring is 2. The second-order valence-corrected chi connectivity index (χ2v) is 4.74. The fraction of sp³-hybridized carbons (Fsp3) is 0. The van der Waals surface area contributed by atoms with Crippen LogP contribution in [-0.4, -0.2) is 23.6 Å². The number of para-hydroxylation sites is 2. The number of nitrogens with one attached hydrogen (secondary N) is 2. The van der Waals surface area contributed by atoms with Crippen LogP contribution >= 0.6 is 0 Å². The van der Waals surface area contributed by atoms with Crippen LogP contribution in [0.15, 0.2) is 48.5 Å². The highest BCUT2D eigenvalue weighted by molar-refractivity contribution is 6.41. The van der Waals surface area contributed by atoms with Crippen molar-refractivity contribution in [1.29, 1.82) is 0 Å². The van der Waals surface area contributed by atoms with Crippen LogP contribution < -0.4 is 22.1 Å². The zero-order valence-electron chi connectivity index (χ0n) is 12.4. The number of rotatable bonds is 2. The third-order valence-corrected chi connectivity index (χ3v) is 3.07. The van der Waals surface area contributed by atoms with E-state index in [2.05, 4.69) is 0 Å². The predicted molar refractivity (Wildman–Crippen MR) is 86.7 cm³/mol. The van der Waals surface area contributed by atoms with E-state index >= 15 is 0 Å². The average Bonchev–Trinajstić information content (AvgIpc) is 2.55. The lowest BCUT2D eigenvalue weighted by atomic mass is 10.1. The van der Waals surface area contributed by atoms with Gasteiger partial charge in [-0.05, 0) is 24.3 Å². The Labute approximate surface area is 136 Å². The van der Waals surface area contributed by atoms with Gasteiger partial charge in [-0.2, -0.15) is 0 Å². The number of anilines is 2. The largest absolute Gasteiger partial charge is 0.398 e. The summed E-state index contributed by atoms with van der Waals surface area (Å²) in [5.74, 6) is -4.27. The van der Waals surface area contributed by atoms with Gasteiger partial charge in [0.25, 0.3) is 11.8 Å². The number of benzene rings is 2. The molecule has 0 bridgehead atoms. The summed E-state index contributed by atoms with van der Waals surface area (Å²) in [5.41, 5.74) is 11.6. The molecule has 0 atom stereocenters. The summed E-state index contributed by atoms with van der Waals surface area (Å²) in [5, 5.41) is 3.71. The Hall–Kier alpha value is -3.68. The van der Waals surface area contributed by atoms with Crippen LogP contribution in [0.2, 0.25) is 0 Å². The Bertz CT molecular complexity index is 763. The molecule has 2 rings (SSSR count). The normalized spacial score (nSPS) is 9.83. The van der Waals surface area contributed by atoms with Gasteiger partial charge in [0, 0.05) is 11.4 Å². The number of carbonyl (C=O) groups excluding carboxylic acids is 4. The highest BCUT2D eigenvalue weighted by Gasteiger charge is 2.22. The Morgan fingerprint density at radius 1 is 0.625 bits per heavy atom. The second-order valence-electron chi connectivity index (χ2n) is 4.74. The molecule has 0 heterocycles. The fourth-order valence-electron chi connectivity index (χ4n) is 1.86. The van der Waals surface area contributed by atoms with E-state index in [0.29, 0.717) is 0 Å². The maximum absolute atomic E-state index is 11.9. The Kier molecular flexibility index (Phi) is 4.90. The van der Waals surface area contributed by atoms with E-state index in [1.807, 2.05) is 10.6 Å². The second kappa shape index (κ2) is 7.05. The van der Waals surface area contributed by atoms with Crippen molar-refractivity contribution in [3.05, 3.63) is 59.7 Å². The molecule has 0 unspecified atom stereocenters. The first-order valence-electron chi connectivity index (χ1n) is 6.80. The molecule has 24 heavy (non-hydrogen) atoms. The molecule has 0 spiro atoms. The maximum atomic E-state index is 11.9. The molecule has 4 amide bonds. The predicted octanol–water partition coefficient (Wildman–Crippen LogP) is 0.0640. The SMILES string of the molecule is Nc1ccccc1C(=O)NC(=O)C(=O)NC(=O)c1ccccc1N. The zero-order chi connectivity index (χ0) is 17.7. The van der Waals surface area contributed by atoms with Crippen molar-refractivity contribution in [3.63, 3.8) is 0 Å². The summed E-state index contributed by atoms with van der Waals surface area (Å²) in [6, 6.07) is 12.1. The Morgan fingerprint density at radius 3 is 1.29 bits per heavy atom. The lowest BCUT2D eigenvalue weighted by Crippen LogP contribution is -2.45. The number of imide groups is 2. The molecule has 0 radical (unpaired) electrons. The molecule has 2 aromatic carbocycles. The minimum Gasteiger partial charge on any atom is -0.398 e. The van der Waals surface area contributed by atoms with Crippen LogP contribution in [-0.2, 0) is 9.59 Å². The molecule has 0 saturated carbocycles. The van der Waals surface area contributed by atoms with Crippen LogP contribution in [0.5, 0.6) is 0 Å². The summed E-state index contributed by atoms with van der Waals surface area (Å²) in [7, 11) is 0. The minimum atomic E-state index is -1.29. The lowest BCUT2D eigenvalue weighted by molar-refractivity contribution is -0.138. The van der Waals surface area contributed by atoms with E-state index in [1.165, 1.54) is 24.3 Å². The number of amides is 4. The van der Waals surface area contributed by atoms with Gasteiger partial charge in [-0.1, -0.05) is 24.3 Å². The van der Waals surface area contributed by atoms with Gasteiger partial charge in [-0.15, -0.1) is 0 Å². The van der Waals surface area contributed by atoms with E-state index in [0.717, 1.165) is 0 Å². The van der Waals surface area contributed by atoms with Crippen LogP contribution in [0.3, 0.4) is 0 Å². The van der Waals surface area contributed by atoms with Gasteiger partial charge in [0.2, 0.25) is 0 Å². The van der Waals surface area contributed by atoms with Gasteiger partial charge in [-0.25, -0.2) is 0 Å². The van der Waals surface area contributed by atoms with Crippen LogP contribution in [0, 0.1) is 0 Å². The first-order valence-corrected chi connectivity index (χ1v) is 6.80. The number of hydrogen-bond donors (Lipinski definition) is 4. The third-order valence-electron chi connectivity index (χ3n) is 3.07. The maximum Gasteiger partial charge on any atom is 0.316 e. The van der Waals surface area contributed by atoms with E-state index in [-0.39, 0.29) is 22.5 Å². The molecule has 0 saturated heterocycles. The summed E-state index contributed by atoms with van der Waals surface area (Å²) in [6.07, 6.45) is 0. The van der Waals surface area contributed by atoms with Crippen LogP contribution in [0.4, 0.5) is 11.4 Å². The van der Waals surface area contributed by atoms with Gasteiger partial charge >= 0.3 is 11.8 Å². The van der Waals surface area contributed by atoms with Gasteiger partial charge in [0.1, 0.15) is 0 Å². The topological polar surface area (TPSA) is 144 Å². The number of carbonyl (C=O) groups is 4. The van der Waals surface area contributed by atoms with Gasteiger partial charge in [-0.3, -0.25) is 29.8 Å². The molecule has 0 fully saturated rings. The molecule has 0 aliphatic rings. The Morgan fingerprint density at radius 2 is 0.958 bits per heavy atom. The fourth-order valence-corrected chi connectivity index (χ4v) is 1.86. The highest BCUT2D eigenvalue weighted by Crippen LogP contribution is 2.10. The van der Waals surface area contributed by atoms with Crippen molar-refractivity contribution in [2.45, 2.75) is 0 Å². The molecule has 2 aromatic rings. The smallest absolute Gasteiger partial charge is 0.316 e. The first kappa shape index (κ1) is 16.7. The third kappa shape index (κ3) is 3.74. The summed E-state index contributed by atoms with van der Waals surface area (Å²) in [6.45, 7) is 0. The molecule has 0 aliphatic heterocycles. The molecule has 0 aromatic heterocycles. The summed E-state index contributed by atoms with van der Waals surface area (Å²) >= 11 is 0.